The van der Waals surface area contributed by atoms with Crippen LogP contribution in [0.1, 0.15) is 29.7 Å². The second-order valence-electron chi connectivity index (χ2n) is 5.39. The van der Waals surface area contributed by atoms with Gasteiger partial charge in [0.2, 0.25) is 0 Å². The van der Waals surface area contributed by atoms with Gasteiger partial charge in [0, 0.05) is 6.42 Å². The van der Waals surface area contributed by atoms with Crippen LogP contribution in [0.5, 0.6) is 5.75 Å². The first kappa shape index (κ1) is 14.5. The Balaban J connectivity index is 1.97. The predicted molar refractivity (Wildman–Crippen MR) is 85.2 cm³/mol. The Hall–Kier alpha value is -1.39. The predicted octanol–water partition coefficient (Wildman–Crippen LogP) is 4.22. The topological polar surface area (TPSA) is 21.3 Å². The largest absolute Gasteiger partial charge is 0.490 e. The molecule has 110 valence electrons. The number of halogens is 2. The SMILES string of the molecule is CNC(c1ccc(Br)c(F)c1)c1ccc2c(c1)CC(C)O2. The van der Waals surface area contributed by atoms with E-state index in [-0.39, 0.29) is 18.0 Å². The summed E-state index contributed by atoms with van der Waals surface area (Å²) in [7, 11) is 1.89. The van der Waals surface area contributed by atoms with Gasteiger partial charge in [-0.3, -0.25) is 0 Å². The molecule has 2 atom stereocenters. The lowest BCUT2D eigenvalue weighted by molar-refractivity contribution is 0.254. The fourth-order valence-electron chi connectivity index (χ4n) is 2.84. The van der Waals surface area contributed by atoms with Gasteiger partial charge in [-0.2, -0.15) is 0 Å². The van der Waals surface area contributed by atoms with Crippen LogP contribution < -0.4 is 10.1 Å². The van der Waals surface area contributed by atoms with Gasteiger partial charge in [0.15, 0.2) is 0 Å². The van der Waals surface area contributed by atoms with Gasteiger partial charge >= 0.3 is 0 Å². The van der Waals surface area contributed by atoms with Crippen LogP contribution in [0.25, 0.3) is 0 Å². The molecule has 0 amide bonds. The van der Waals surface area contributed by atoms with Gasteiger partial charge in [0.25, 0.3) is 0 Å². The molecule has 0 fully saturated rings. The zero-order valence-electron chi connectivity index (χ0n) is 12.0. The Kier molecular flexibility index (Phi) is 4.00. The van der Waals surface area contributed by atoms with Crippen LogP contribution in [0.2, 0.25) is 0 Å². The molecule has 1 aliphatic rings. The third-order valence-corrected chi connectivity index (χ3v) is 4.46. The average molecular weight is 350 g/mol. The first-order chi connectivity index (χ1) is 10.1. The highest BCUT2D eigenvalue weighted by molar-refractivity contribution is 9.10. The van der Waals surface area contributed by atoms with Gasteiger partial charge in [0.05, 0.1) is 10.5 Å². The molecule has 0 bridgehead atoms. The van der Waals surface area contributed by atoms with Crippen molar-refractivity contribution in [3.63, 3.8) is 0 Å². The highest BCUT2D eigenvalue weighted by Crippen LogP contribution is 2.33. The van der Waals surface area contributed by atoms with E-state index < -0.39 is 0 Å². The molecule has 0 aromatic heterocycles. The molecule has 1 heterocycles. The Morgan fingerprint density at radius 3 is 2.67 bits per heavy atom. The fraction of sp³-hybridized carbons (Fsp3) is 0.294. The molecule has 2 aromatic carbocycles. The summed E-state index contributed by atoms with van der Waals surface area (Å²) in [6.07, 6.45) is 1.15. The Bertz CT molecular complexity index is 674. The van der Waals surface area contributed by atoms with E-state index >= 15 is 0 Å². The van der Waals surface area contributed by atoms with Gasteiger partial charge in [-0.15, -0.1) is 0 Å². The summed E-state index contributed by atoms with van der Waals surface area (Å²) >= 11 is 3.19. The lowest BCUT2D eigenvalue weighted by Gasteiger charge is -2.18. The summed E-state index contributed by atoms with van der Waals surface area (Å²) in [6.45, 7) is 2.07. The maximum atomic E-state index is 13.8. The number of hydrogen-bond acceptors (Lipinski definition) is 2. The van der Waals surface area contributed by atoms with E-state index in [0.717, 1.165) is 23.3 Å². The smallest absolute Gasteiger partial charge is 0.137 e. The molecule has 1 N–H and O–H groups in total. The third-order valence-electron chi connectivity index (χ3n) is 3.82. The minimum Gasteiger partial charge on any atom is -0.490 e. The molecule has 2 nitrogen and oxygen atoms in total. The molecule has 0 saturated carbocycles. The quantitative estimate of drug-likeness (QED) is 0.895. The zero-order valence-corrected chi connectivity index (χ0v) is 13.6. The van der Waals surface area contributed by atoms with Crippen molar-refractivity contribution in [1.82, 2.24) is 5.32 Å². The van der Waals surface area contributed by atoms with Crippen LogP contribution in [0.4, 0.5) is 4.39 Å². The molecule has 21 heavy (non-hydrogen) atoms. The fourth-order valence-corrected chi connectivity index (χ4v) is 3.09. The van der Waals surface area contributed by atoms with E-state index in [0.29, 0.717) is 4.47 Å². The highest BCUT2D eigenvalue weighted by atomic mass is 79.9. The van der Waals surface area contributed by atoms with E-state index in [9.17, 15) is 4.39 Å². The lowest BCUT2D eigenvalue weighted by atomic mass is 9.96. The zero-order chi connectivity index (χ0) is 15.0. The van der Waals surface area contributed by atoms with Crippen molar-refractivity contribution in [2.45, 2.75) is 25.5 Å². The van der Waals surface area contributed by atoms with Crippen LogP contribution in [-0.4, -0.2) is 13.2 Å². The van der Waals surface area contributed by atoms with Crippen molar-refractivity contribution in [1.29, 1.82) is 0 Å². The maximum absolute atomic E-state index is 13.8. The van der Waals surface area contributed by atoms with Crippen molar-refractivity contribution in [2.24, 2.45) is 0 Å². The Morgan fingerprint density at radius 2 is 1.95 bits per heavy atom. The summed E-state index contributed by atoms with van der Waals surface area (Å²) in [6, 6.07) is 11.4. The Morgan fingerprint density at radius 1 is 1.24 bits per heavy atom. The van der Waals surface area contributed by atoms with Crippen molar-refractivity contribution in [2.75, 3.05) is 7.05 Å². The van der Waals surface area contributed by atoms with Crippen LogP contribution in [-0.2, 0) is 6.42 Å². The van der Waals surface area contributed by atoms with Crippen LogP contribution in [0, 0.1) is 5.82 Å². The van der Waals surface area contributed by atoms with Crippen molar-refractivity contribution in [3.05, 3.63) is 63.4 Å². The van der Waals surface area contributed by atoms with E-state index in [1.165, 1.54) is 5.56 Å². The highest BCUT2D eigenvalue weighted by Gasteiger charge is 2.21. The molecule has 0 aliphatic carbocycles. The van der Waals surface area contributed by atoms with Crippen LogP contribution >= 0.6 is 15.9 Å². The van der Waals surface area contributed by atoms with Crippen LogP contribution in [0.15, 0.2) is 40.9 Å². The molecule has 3 rings (SSSR count). The van der Waals surface area contributed by atoms with Gasteiger partial charge in [0.1, 0.15) is 17.7 Å². The summed E-state index contributed by atoms with van der Waals surface area (Å²) in [5.41, 5.74) is 3.25. The van der Waals surface area contributed by atoms with E-state index in [1.54, 1.807) is 12.1 Å². The number of hydrogen-bond donors (Lipinski definition) is 1. The van der Waals surface area contributed by atoms with Crippen molar-refractivity contribution in [3.8, 4) is 5.75 Å². The first-order valence-corrected chi connectivity index (χ1v) is 7.79. The molecule has 0 spiro atoms. The molecule has 0 radical (unpaired) electrons. The third kappa shape index (κ3) is 2.83. The average Bonchev–Trinajstić information content (AvgIpc) is 2.83. The molecule has 1 aliphatic heterocycles. The first-order valence-electron chi connectivity index (χ1n) is 7.00. The van der Waals surface area contributed by atoms with Gasteiger partial charge in [-0.25, -0.2) is 4.39 Å². The number of benzene rings is 2. The number of fused-ring (bicyclic) bond motifs is 1. The second-order valence-corrected chi connectivity index (χ2v) is 6.25. The standard InChI is InChI=1S/C17H17BrFNO/c1-10-7-13-8-11(4-6-16(13)21-10)17(20-2)12-3-5-14(18)15(19)9-12/h3-6,8-10,17,20H,7H2,1-2H3. The molecule has 2 unspecified atom stereocenters. The summed E-state index contributed by atoms with van der Waals surface area (Å²) in [5, 5.41) is 3.26. The molecule has 4 heteroatoms. The van der Waals surface area contributed by atoms with Gasteiger partial charge < -0.3 is 10.1 Å². The summed E-state index contributed by atoms with van der Waals surface area (Å²) in [5.74, 6) is 0.717. The van der Waals surface area contributed by atoms with E-state index in [1.807, 2.05) is 25.2 Å². The van der Waals surface area contributed by atoms with Crippen molar-refractivity contribution < 1.29 is 9.13 Å². The number of ether oxygens (including phenoxy) is 1. The monoisotopic (exact) mass is 349 g/mol. The maximum Gasteiger partial charge on any atom is 0.137 e. The molecular formula is C17H17BrFNO. The molecule has 0 saturated heterocycles. The Labute approximate surface area is 132 Å². The summed E-state index contributed by atoms with van der Waals surface area (Å²) < 4.78 is 20.0. The van der Waals surface area contributed by atoms with Crippen molar-refractivity contribution >= 4 is 15.9 Å². The summed E-state index contributed by atoms with van der Waals surface area (Å²) in [4.78, 5) is 0. The lowest BCUT2D eigenvalue weighted by Crippen LogP contribution is -2.18. The second kappa shape index (κ2) is 5.78. The molecular weight excluding hydrogens is 333 g/mol. The molecule has 2 aromatic rings. The van der Waals surface area contributed by atoms with E-state index in [2.05, 4.69) is 34.2 Å². The number of rotatable bonds is 3. The minimum absolute atomic E-state index is 0.0335. The van der Waals surface area contributed by atoms with Gasteiger partial charge in [-0.1, -0.05) is 18.2 Å². The van der Waals surface area contributed by atoms with Gasteiger partial charge in [-0.05, 0) is 64.8 Å². The number of nitrogens with one attached hydrogen (secondary N) is 1. The van der Waals surface area contributed by atoms with Crippen LogP contribution in [0.3, 0.4) is 0 Å². The normalized spacial score (nSPS) is 18.2. The minimum atomic E-state index is -0.245. The van der Waals surface area contributed by atoms with E-state index in [4.69, 9.17) is 4.74 Å².